The molecule has 0 aliphatic rings. The summed E-state index contributed by atoms with van der Waals surface area (Å²) in [4.78, 5) is 17.4. The van der Waals surface area contributed by atoms with Crippen molar-refractivity contribution in [3.05, 3.63) is 77.2 Å². The van der Waals surface area contributed by atoms with Crippen LogP contribution >= 0.6 is 0 Å². The first-order valence-corrected chi connectivity index (χ1v) is 15.9. The predicted molar refractivity (Wildman–Crippen MR) is 171 cm³/mol. The summed E-state index contributed by atoms with van der Waals surface area (Å²) in [5.41, 5.74) is 15.9. The quantitative estimate of drug-likeness (QED) is 0.162. The molecule has 1 aromatic heterocycles. The molecule has 12 heteroatoms. The monoisotopic (exact) mass is 623 g/mol. The number of aliphatic hydroxyl groups is 1. The Hall–Kier alpha value is -4.13. The van der Waals surface area contributed by atoms with Gasteiger partial charge in [0.05, 0.1) is 28.4 Å². The van der Waals surface area contributed by atoms with E-state index in [0.29, 0.717) is 39.7 Å². The Morgan fingerprint density at radius 1 is 1.07 bits per heavy atom. The minimum absolute atomic E-state index is 0.0274. The van der Waals surface area contributed by atoms with Crippen molar-refractivity contribution in [1.82, 2.24) is 14.6 Å². The van der Waals surface area contributed by atoms with Gasteiger partial charge in [0.25, 0.3) is 5.91 Å². The molecule has 0 bridgehead atoms. The Morgan fingerprint density at radius 2 is 1.77 bits per heavy atom. The van der Waals surface area contributed by atoms with E-state index >= 15 is 0 Å². The standard InChI is InChI=1S/C32H41N5O6S/c1-19(2)16-37(44(40,41)24-11-12-26-29(15-24)43-22(5)35-26)17-28(38)27(14-23-9-7-6-8-10-23)36-30(39)18-42-32-20(3)13-25(33)31(34)21(32)4/h6-13,15,19,27-28,38H,14,16-18,33-34H2,1-5H3,(H,36,39)/t27-,28+/m0/s1. The third-order valence-electron chi connectivity index (χ3n) is 7.31. The Bertz CT molecular complexity index is 1720. The molecule has 1 amide bonds. The number of aromatic nitrogens is 1. The van der Waals surface area contributed by atoms with E-state index in [4.69, 9.17) is 20.6 Å². The van der Waals surface area contributed by atoms with Crippen molar-refractivity contribution >= 4 is 38.4 Å². The highest BCUT2D eigenvalue weighted by Gasteiger charge is 2.32. The van der Waals surface area contributed by atoms with Crippen molar-refractivity contribution in [2.45, 2.75) is 58.1 Å². The molecular weight excluding hydrogens is 582 g/mol. The maximum Gasteiger partial charge on any atom is 0.258 e. The molecule has 0 saturated carbocycles. The number of nitrogens with zero attached hydrogens (tertiary/aromatic N) is 2. The highest BCUT2D eigenvalue weighted by molar-refractivity contribution is 7.89. The summed E-state index contributed by atoms with van der Waals surface area (Å²) in [6.07, 6.45) is -0.987. The molecule has 6 N–H and O–H groups in total. The lowest BCUT2D eigenvalue weighted by Gasteiger charge is -2.30. The number of hydrogen-bond acceptors (Lipinski definition) is 9. The minimum Gasteiger partial charge on any atom is -0.483 e. The van der Waals surface area contributed by atoms with Gasteiger partial charge in [0.1, 0.15) is 11.3 Å². The number of carbonyl (C=O) groups excluding carboxylic acids is 1. The Balaban J connectivity index is 1.56. The highest BCUT2D eigenvalue weighted by Crippen LogP contribution is 2.32. The van der Waals surface area contributed by atoms with E-state index in [1.807, 2.05) is 51.1 Å². The molecule has 0 spiro atoms. The molecule has 3 aromatic carbocycles. The van der Waals surface area contributed by atoms with Gasteiger partial charge in [-0.2, -0.15) is 4.31 Å². The molecule has 0 radical (unpaired) electrons. The van der Waals surface area contributed by atoms with Crippen LogP contribution in [0, 0.1) is 26.7 Å². The maximum atomic E-state index is 13.9. The Kier molecular flexibility index (Phi) is 10.2. The van der Waals surface area contributed by atoms with Crippen LogP contribution < -0.4 is 21.5 Å². The number of anilines is 2. The van der Waals surface area contributed by atoms with E-state index in [2.05, 4.69) is 10.3 Å². The van der Waals surface area contributed by atoms with Gasteiger partial charge in [0.15, 0.2) is 18.1 Å². The van der Waals surface area contributed by atoms with Gasteiger partial charge in [0, 0.05) is 31.6 Å². The number of benzene rings is 3. The molecule has 4 aromatic rings. The number of aliphatic hydroxyl groups excluding tert-OH is 1. The van der Waals surface area contributed by atoms with Gasteiger partial charge in [0.2, 0.25) is 10.0 Å². The first kappa shape index (κ1) is 32.8. The fourth-order valence-electron chi connectivity index (χ4n) is 5.11. The number of nitrogen functional groups attached to an aromatic ring is 2. The molecule has 236 valence electrons. The number of carbonyl (C=O) groups is 1. The number of nitrogens with one attached hydrogen (secondary N) is 1. The third-order valence-corrected chi connectivity index (χ3v) is 9.13. The molecule has 44 heavy (non-hydrogen) atoms. The van der Waals surface area contributed by atoms with Gasteiger partial charge < -0.3 is 31.0 Å². The van der Waals surface area contributed by atoms with Crippen LogP contribution in [0.1, 0.15) is 36.4 Å². The van der Waals surface area contributed by atoms with Crippen molar-refractivity contribution < 1.29 is 27.5 Å². The van der Waals surface area contributed by atoms with Crippen LogP contribution in [0.25, 0.3) is 11.1 Å². The number of oxazole rings is 1. The summed E-state index contributed by atoms with van der Waals surface area (Å²) >= 11 is 0. The number of hydrogen-bond donors (Lipinski definition) is 4. The molecule has 11 nitrogen and oxygen atoms in total. The molecule has 0 fully saturated rings. The number of aryl methyl sites for hydroxylation is 2. The fourth-order valence-corrected chi connectivity index (χ4v) is 6.75. The first-order valence-electron chi connectivity index (χ1n) is 14.4. The van der Waals surface area contributed by atoms with E-state index in [-0.39, 0.29) is 36.9 Å². The number of amides is 1. The normalized spacial score (nSPS) is 13.4. The number of sulfonamides is 1. The van der Waals surface area contributed by atoms with Crippen molar-refractivity contribution in [3.63, 3.8) is 0 Å². The number of nitrogens with two attached hydrogens (primary N) is 2. The SMILES string of the molecule is Cc1nc2ccc(S(=O)(=O)N(CC(C)C)C[C@@H](O)[C@H](Cc3ccccc3)NC(=O)COc3c(C)cc(N)c(N)c3C)cc2o1. The lowest BCUT2D eigenvalue weighted by atomic mass is 10.0. The lowest BCUT2D eigenvalue weighted by molar-refractivity contribution is -0.124. The van der Waals surface area contributed by atoms with Crippen molar-refractivity contribution in [2.24, 2.45) is 5.92 Å². The van der Waals surface area contributed by atoms with Crippen LogP contribution in [-0.4, -0.2) is 60.6 Å². The Morgan fingerprint density at radius 3 is 2.45 bits per heavy atom. The summed E-state index contributed by atoms with van der Waals surface area (Å²) in [5, 5.41) is 14.4. The van der Waals surface area contributed by atoms with Gasteiger partial charge in [-0.15, -0.1) is 0 Å². The fraction of sp³-hybridized carbons (Fsp3) is 0.375. The van der Waals surface area contributed by atoms with Crippen LogP contribution in [0.2, 0.25) is 0 Å². The lowest BCUT2D eigenvalue weighted by Crippen LogP contribution is -2.52. The molecule has 2 atom stereocenters. The summed E-state index contributed by atoms with van der Waals surface area (Å²) in [7, 11) is -4.05. The highest BCUT2D eigenvalue weighted by atomic mass is 32.2. The topological polar surface area (TPSA) is 174 Å². The molecule has 0 saturated heterocycles. The zero-order valence-electron chi connectivity index (χ0n) is 25.7. The van der Waals surface area contributed by atoms with Crippen molar-refractivity contribution in [2.75, 3.05) is 31.2 Å². The minimum atomic E-state index is -4.05. The Labute approximate surface area is 258 Å². The van der Waals surface area contributed by atoms with Gasteiger partial charge >= 0.3 is 0 Å². The second-order valence-electron chi connectivity index (χ2n) is 11.4. The second kappa shape index (κ2) is 13.7. The van der Waals surface area contributed by atoms with E-state index in [9.17, 15) is 18.3 Å². The molecular formula is C32H41N5O6S. The maximum absolute atomic E-state index is 13.9. The van der Waals surface area contributed by atoms with E-state index in [0.717, 1.165) is 11.1 Å². The first-order chi connectivity index (χ1) is 20.8. The molecule has 0 aliphatic carbocycles. The zero-order chi connectivity index (χ0) is 32.2. The smallest absolute Gasteiger partial charge is 0.258 e. The summed E-state index contributed by atoms with van der Waals surface area (Å²) in [6, 6.07) is 14.7. The zero-order valence-corrected chi connectivity index (χ0v) is 26.5. The average molecular weight is 624 g/mol. The predicted octanol–water partition coefficient (Wildman–Crippen LogP) is 3.73. The number of rotatable bonds is 13. The van der Waals surface area contributed by atoms with Gasteiger partial charge in [-0.1, -0.05) is 44.2 Å². The summed E-state index contributed by atoms with van der Waals surface area (Å²) in [6.45, 7) is 8.61. The molecule has 0 unspecified atom stereocenters. The van der Waals surface area contributed by atoms with E-state index in [1.165, 1.54) is 16.4 Å². The van der Waals surface area contributed by atoms with Crippen LogP contribution in [0.5, 0.6) is 5.75 Å². The number of fused-ring (bicyclic) bond motifs is 1. The molecule has 0 aliphatic heterocycles. The van der Waals surface area contributed by atoms with Gasteiger partial charge in [-0.25, -0.2) is 13.4 Å². The van der Waals surface area contributed by atoms with E-state index < -0.39 is 28.1 Å². The number of ether oxygens (including phenoxy) is 1. The van der Waals surface area contributed by atoms with Gasteiger partial charge in [-0.3, -0.25) is 4.79 Å². The van der Waals surface area contributed by atoms with Crippen molar-refractivity contribution in [1.29, 1.82) is 0 Å². The van der Waals surface area contributed by atoms with Crippen molar-refractivity contribution in [3.8, 4) is 5.75 Å². The van der Waals surface area contributed by atoms with Crippen LogP contribution in [-0.2, 0) is 21.2 Å². The van der Waals surface area contributed by atoms with Crippen LogP contribution in [0.15, 0.2) is 63.9 Å². The van der Waals surface area contributed by atoms with Crippen LogP contribution in [0.3, 0.4) is 0 Å². The molecule has 4 rings (SSSR count). The summed E-state index contributed by atoms with van der Waals surface area (Å²) < 4.78 is 40.4. The second-order valence-corrected chi connectivity index (χ2v) is 13.4. The molecule has 1 heterocycles. The van der Waals surface area contributed by atoms with Crippen LogP contribution in [0.4, 0.5) is 11.4 Å². The average Bonchev–Trinajstić information content (AvgIpc) is 3.34. The summed E-state index contributed by atoms with van der Waals surface area (Å²) in [5.74, 6) is 0.365. The van der Waals surface area contributed by atoms with E-state index in [1.54, 1.807) is 26.0 Å². The van der Waals surface area contributed by atoms with Gasteiger partial charge in [-0.05, 0) is 55.5 Å². The largest absolute Gasteiger partial charge is 0.483 e. The third kappa shape index (κ3) is 7.68.